The van der Waals surface area contributed by atoms with Crippen LogP contribution in [-0.4, -0.2) is 10.9 Å². The predicted molar refractivity (Wildman–Crippen MR) is 92.0 cm³/mol. The molecule has 7 atom stereocenters. The fourth-order valence-electron chi connectivity index (χ4n) is 7.59. The zero-order valence-corrected chi connectivity index (χ0v) is 14.8. The summed E-state index contributed by atoms with van der Waals surface area (Å²) in [5, 5.41) is 10.1. The SMILES string of the molecule is C=C(O)[C@H]1CC[C@H]2[C@@H]3CCC4CC(=O)CC[C@]4(C)[C@H]3CC[C@]12C. The average Bonchev–Trinajstić information content (AvgIpc) is 2.85. The van der Waals surface area contributed by atoms with Crippen molar-refractivity contribution in [2.75, 3.05) is 0 Å². The molecule has 2 nitrogen and oxygen atoms in total. The summed E-state index contributed by atoms with van der Waals surface area (Å²) < 4.78 is 0. The van der Waals surface area contributed by atoms with Gasteiger partial charge < -0.3 is 5.11 Å². The van der Waals surface area contributed by atoms with Crippen LogP contribution in [0.5, 0.6) is 0 Å². The summed E-state index contributed by atoms with van der Waals surface area (Å²) in [6.07, 6.45) is 10.3. The molecule has 4 aliphatic rings. The van der Waals surface area contributed by atoms with Crippen molar-refractivity contribution < 1.29 is 9.90 Å². The number of rotatable bonds is 1. The van der Waals surface area contributed by atoms with Crippen LogP contribution in [0.3, 0.4) is 0 Å². The molecule has 4 fully saturated rings. The van der Waals surface area contributed by atoms with Gasteiger partial charge in [0, 0.05) is 18.8 Å². The topological polar surface area (TPSA) is 37.3 Å². The lowest BCUT2D eigenvalue weighted by atomic mass is 9.45. The average molecular weight is 316 g/mol. The summed E-state index contributed by atoms with van der Waals surface area (Å²) in [7, 11) is 0. The fraction of sp³-hybridized carbons (Fsp3) is 0.857. The van der Waals surface area contributed by atoms with Crippen LogP contribution in [0.2, 0.25) is 0 Å². The van der Waals surface area contributed by atoms with Crippen LogP contribution in [0.4, 0.5) is 0 Å². The van der Waals surface area contributed by atoms with E-state index in [-0.39, 0.29) is 5.41 Å². The van der Waals surface area contributed by atoms with Gasteiger partial charge in [-0.15, -0.1) is 0 Å². The third-order valence-corrected chi connectivity index (χ3v) is 8.88. The Balaban J connectivity index is 1.63. The number of carbonyl (C=O) groups excluding carboxylic acids is 1. The van der Waals surface area contributed by atoms with Crippen LogP contribution < -0.4 is 0 Å². The van der Waals surface area contributed by atoms with Crippen LogP contribution >= 0.6 is 0 Å². The summed E-state index contributed by atoms with van der Waals surface area (Å²) >= 11 is 0. The Hall–Kier alpha value is -0.790. The van der Waals surface area contributed by atoms with E-state index in [1.54, 1.807) is 0 Å². The molecule has 0 saturated heterocycles. The molecule has 0 aromatic heterocycles. The van der Waals surface area contributed by atoms with Gasteiger partial charge in [0.15, 0.2) is 0 Å². The standard InChI is InChI=1S/C21H32O2/c1-13(22)17-6-7-18-16-5-4-14-12-15(23)8-10-20(14,2)19(16)9-11-21(17,18)3/h14,16-19,22H,1,4-12H2,2-3H3/t14?,16-,17+,18-,19-,20-,21+/m0/s1. The first-order valence-corrected chi connectivity index (χ1v) is 9.76. The number of allylic oxidation sites excluding steroid dienone is 1. The maximum Gasteiger partial charge on any atom is 0.133 e. The van der Waals surface area contributed by atoms with E-state index in [0.29, 0.717) is 28.8 Å². The normalized spacial score (nSPS) is 52.4. The van der Waals surface area contributed by atoms with Gasteiger partial charge in [0.25, 0.3) is 0 Å². The molecule has 0 aliphatic heterocycles. The van der Waals surface area contributed by atoms with Gasteiger partial charge in [0.1, 0.15) is 5.78 Å². The molecule has 0 aromatic rings. The van der Waals surface area contributed by atoms with E-state index in [2.05, 4.69) is 20.4 Å². The van der Waals surface area contributed by atoms with E-state index in [1.807, 2.05) is 0 Å². The molecule has 1 unspecified atom stereocenters. The van der Waals surface area contributed by atoms with Gasteiger partial charge in [-0.1, -0.05) is 20.4 Å². The van der Waals surface area contributed by atoms with E-state index in [4.69, 9.17) is 0 Å². The zero-order chi connectivity index (χ0) is 16.4. The molecule has 23 heavy (non-hydrogen) atoms. The fourth-order valence-corrected chi connectivity index (χ4v) is 7.59. The highest BCUT2D eigenvalue weighted by Gasteiger charge is 2.60. The van der Waals surface area contributed by atoms with Crippen LogP contribution in [-0.2, 0) is 4.79 Å². The number of fused-ring (bicyclic) bond motifs is 5. The Labute approximate surface area is 140 Å². The Morgan fingerprint density at radius 1 is 1.04 bits per heavy atom. The molecule has 0 bridgehead atoms. The van der Waals surface area contributed by atoms with Crippen molar-refractivity contribution in [1.82, 2.24) is 0 Å². The largest absolute Gasteiger partial charge is 0.513 e. The van der Waals surface area contributed by atoms with Gasteiger partial charge in [-0.3, -0.25) is 4.79 Å². The van der Waals surface area contributed by atoms with E-state index in [0.717, 1.165) is 43.4 Å². The van der Waals surface area contributed by atoms with E-state index in [1.165, 1.54) is 32.1 Å². The highest BCUT2D eigenvalue weighted by molar-refractivity contribution is 5.79. The number of Topliss-reactive ketones (excluding diaryl/α,β-unsaturated/α-hetero) is 1. The van der Waals surface area contributed by atoms with Gasteiger partial charge >= 0.3 is 0 Å². The molecule has 4 saturated carbocycles. The van der Waals surface area contributed by atoms with E-state index < -0.39 is 0 Å². The smallest absolute Gasteiger partial charge is 0.133 e. The summed E-state index contributed by atoms with van der Waals surface area (Å²) in [6, 6.07) is 0. The maximum atomic E-state index is 11.9. The second-order valence-electron chi connectivity index (χ2n) is 9.57. The lowest BCUT2D eigenvalue weighted by molar-refractivity contribution is -0.139. The quantitative estimate of drug-likeness (QED) is 0.668. The van der Waals surface area contributed by atoms with Crippen molar-refractivity contribution in [1.29, 1.82) is 0 Å². The van der Waals surface area contributed by atoms with Crippen molar-refractivity contribution >= 4 is 5.78 Å². The highest BCUT2D eigenvalue weighted by atomic mass is 16.3. The minimum atomic E-state index is 0.265. The summed E-state index contributed by atoms with van der Waals surface area (Å²) in [5.74, 6) is 4.25. The second-order valence-corrected chi connectivity index (χ2v) is 9.57. The third kappa shape index (κ3) is 2.09. The second kappa shape index (κ2) is 5.10. The Bertz CT molecular complexity index is 538. The Kier molecular flexibility index (Phi) is 3.49. The monoisotopic (exact) mass is 316 g/mol. The predicted octanol–water partition coefficient (Wildman–Crippen LogP) is 5.29. The first-order valence-electron chi connectivity index (χ1n) is 9.76. The zero-order valence-electron chi connectivity index (χ0n) is 14.8. The summed E-state index contributed by atoms with van der Waals surface area (Å²) in [4.78, 5) is 11.9. The van der Waals surface area contributed by atoms with Gasteiger partial charge in [-0.25, -0.2) is 0 Å². The van der Waals surface area contributed by atoms with Crippen LogP contribution in [0.25, 0.3) is 0 Å². The number of carbonyl (C=O) groups is 1. The molecular weight excluding hydrogens is 284 g/mol. The summed E-state index contributed by atoms with van der Waals surface area (Å²) in [6.45, 7) is 8.81. The molecule has 1 N–H and O–H groups in total. The first-order chi connectivity index (χ1) is 10.9. The Morgan fingerprint density at radius 2 is 1.78 bits per heavy atom. The van der Waals surface area contributed by atoms with Crippen molar-refractivity contribution in [3.05, 3.63) is 12.3 Å². The van der Waals surface area contributed by atoms with Gasteiger partial charge in [0.05, 0.1) is 5.76 Å². The number of ketones is 1. The maximum absolute atomic E-state index is 11.9. The minimum absolute atomic E-state index is 0.265. The molecule has 4 aliphatic carbocycles. The van der Waals surface area contributed by atoms with Crippen LogP contribution in [0, 0.1) is 40.4 Å². The van der Waals surface area contributed by atoms with Crippen molar-refractivity contribution in [3.8, 4) is 0 Å². The molecule has 0 aromatic carbocycles. The van der Waals surface area contributed by atoms with Crippen LogP contribution in [0.1, 0.15) is 71.6 Å². The van der Waals surface area contributed by atoms with E-state index in [9.17, 15) is 9.90 Å². The number of hydrogen-bond donors (Lipinski definition) is 1. The van der Waals surface area contributed by atoms with Crippen molar-refractivity contribution in [2.24, 2.45) is 40.4 Å². The molecular formula is C21H32O2. The number of hydrogen-bond acceptors (Lipinski definition) is 2. The van der Waals surface area contributed by atoms with Crippen LogP contribution in [0.15, 0.2) is 12.3 Å². The molecule has 0 amide bonds. The molecule has 128 valence electrons. The third-order valence-electron chi connectivity index (χ3n) is 8.88. The number of aliphatic hydroxyl groups excluding tert-OH is 1. The van der Waals surface area contributed by atoms with Gasteiger partial charge in [-0.2, -0.15) is 0 Å². The lowest BCUT2D eigenvalue weighted by Gasteiger charge is -2.60. The molecule has 0 heterocycles. The van der Waals surface area contributed by atoms with Crippen molar-refractivity contribution in [2.45, 2.75) is 71.6 Å². The molecule has 4 rings (SSSR count). The molecule has 0 radical (unpaired) electrons. The summed E-state index contributed by atoms with van der Waals surface area (Å²) in [5.41, 5.74) is 0.660. The molecule has 2 heteroatoms. The van der Waals surface area contributed by atoms with E-state index >= 15 is 0 Å². The number of aliphatic hydroxyl groups is 1. The Morgan fingerprint density at radius 3 is 2.52 bits per heavy atom. The van der Waals surface area contributed by atoms with Gasteiger partial charge in [-0.05, 0) is 79.4 Å². The van der Waals surface area contributed by atoms with Gasteiger partial charge in [0.2, 0.25) is 0 Å². The first kappa shape index (κ1) is 15.7. The molecule has 0 spiro atoms. The highest BCUT2D eigenvalue weighted by Crippen LogP contribution is 2.67. The lowest BCUT2D eigenvalue weighted by Crippen LogP contribution is -2.53. The van der Waals surface area contributed by atoms with Crippen molar-refractivity contribution in [3.63, 3.8) is 0 Å². The minimum Gasteiger partial charge on any atom is -0.513 e.